The Bertz CT molecular complexity index is 1210. The predicted octanol–water partition coefficient (Wildman–Crippen LogP) is 3.49. The number of hydrogen-bond acceptors (Lipinski definition) is 7. The molecule has 0 amide bonds. The van der Waals surface area contributed by atoms with E-state index in [9.17, 15) is 18.3 Å². The molecule has 2 fully saturated rings. The lowest BCUT2D eigenvalue weighted by Crippen LogP contribution is -2.62. The van der Waals surface area contributed by atoms with Crippen LogP contribution in [-0.4, -0.2) is 50.8 Å². The number of aromatic nitrogens is 3. The molecule has 2 aliphatic heterocycles. The number of aliphatic hydroxyl groups excluding tert-OH is 1. The first-order valence-corrected chi connectivity index (χ1v) is 11.2. The van der Waals surface area contributed by atoms with Gasteiger partial charge in [0.2, 0.25) is 0 Å². The number of rotatable bonds is 3. The van der Waals surface area contributed by atoms with Crippen molar-refractivity contribution in [1.82, 2.24) is 14.8 Å². The van der Waals surface area contributed by atoms with E-state index in [-0.39, 0.29) is 29.0 Å². The van der Waals surface area contributed by atoms with E-state index in [0.29, 0.717) is 0 Å². The SMILES string of the molecule is Cc1nc([C@@H]2OC3COC(c4ccccc4)O[C@@H]3C(N)C2O)n(-c2cc(Cl)ccc2C(F)(F)F)n1. The molecule has 35 heavy (non-hydrogen) atoms. The topological polar surface area (TPSA) is 105 Å². The summed E-state index contributed by atoms with van der Waals surface area (Å²) < 4.78 is 60.1. The molecule has 186 valence electrons. The van der Waals surface area contributed by atoms with Crippen LogP contribution in [-0.2, 0) is 20.4 Å². The van der Waals surface area contributed by atoms with Crippen LogP contribution in [0.25, 0.3) is 5.69 Å². The maximum Gasteiger partial charge on any atom is 0.418 e. The van der Waals surface area contributed by atoms with Gasteiger partial charge in [0.25, 0.3) is 0 Å². The van der Waals surface area contributed by atoms with Crippen LogP contribution < -0.4 is 5.73 Å². The van der Waals surface area contributed by atoms with Gasteiger partial charge in [-0.15, -0.1) is 0 Å². The molecule has 2 aliphatic rings. The normalized spacial score (nSPS) is 29.1. The molecule has 0 saturated carbocycles. The van der Waals surface area contributed by atoms with Crippen LogP contribution in [0.15, 0.2) is 48.5 Å². The Labute approximate surface area is 203 Å². The number of nitrogens with zero attached hydrogens (tertiary/aromatic N) is 3. The second kappa shape index (κ2) is 9.16. The lowest BCUT2D eigenvalue weighted by molar-refractivity contribution is -0.309. The summed E-state index contributed by atoms with van der Waals surface area (Å²) in [6.45, 7) is 1.62. The number of nitrogens with two attached hydrogens (primary N) is 1. The van der Waals surface area contributed by atoms with Crippen LogP contribution in [0.1, 0.15) is 35.2 Å². The van der Waals surface area contributed by atoms with Gasteiger partial charge in [0.15, 0.2) is 12.1 Å². The second-order valence-electron chi connectivity index (χ2n) is 8.43. The van der Waals surface area contributed by atoms with E-state index >= 15 is 0 Å². The largest absolute Gasteiger partial charge is 0.418 e. The van der Waals surface area contributed by atoms with Gasteiger partial charge in [0.1, 0.15) is 30.2 Å². The molecule has 1 aromatic heterocycles. The molecule has 5 rings (SSSR count). The number of aryl methyl sites for hydroxylation is 1. The van der Waals surface area contributed by atoms with Gasteiger partial charge < -0.3 is 25.1 Å². The number of alkyl halides is 3. The van der Waals surface area contributed by atoms with Gasteiger partial charge in [-0.05, 0) is 25.1 Å². The standard InChI is InChI=1S/C23H22ClF3N4O4/c1-11-29-21(31(30-11)15-9-13(24)7-8-14(15)23(25,26)27)20-18(32)17(28)19-16(34-20)10-33-22(35-19)12-5-3-2-4-6-12/h2-9,16-20,22,32H,10,28H2,1H3/t16?,17?,18?,19-,20+,22?/m0/s1. The van der Waals surface area contributed by atoms with Crippen molar-refractivity contribution in [3.63, 3.8) is 0 Å². The van der Waals surface area contributed by atoms with Crippen molar-refractivity contribution in [2.45, 2.75) is 49.8 Å². The van der Waals surface area contributed by atoms with Crippen molar-refractivity contribution < 1.29 is 32.5 Å². The third-order valence-electron chi connectivity index (χ3n) is 6.02. The number of fused-ring (bicyclic) bond motifs is 1. The number of aliphatic hydroxyl groups is 1. The van der Waals surface area contributed by atoms with Gasteiger partial charge in [0, 0.05) is 10.6 Å². The highest BCUT2D eigenvalue weighted by Gasteiger charge is 2.50. The molecular formula is C23H22ClF3N4O4. The Hall–Kier alpha value is -2.54. The Balaban J connectivity index is 1.47. The van der Waals surface area contributed by atoms with E-state index in [4.69, 9.17) is 31.5 Å². The van der Waals surface area contributed by atoms with Crippen molar-refractivity contribution in [2.24, 2.45) is 5.73 Å². The number of benzene rings is 2. The fraction of sp³-hybridized carbons (Fsp3) is 0.391. The highest BCUT2D eigenvalue weighted by Crippen LogP contribution is 2.40. The average Bonchev–Trinajstić information content (AvgIpc) is 3.22. The fourth-order valence-corrected chi connectivity index (χ4v) is 4.54. The smallest absolute Gasteiger partial charge is 0.388 e. The molecule has 12 heteroatoms. The first-order valence-electron chi connectivity index (χ1n) is 10.9. The Kier molecular flexibility index (Phi) is 6.32. The minimum absolute atomic E-state index is 0.0400. The number of halogens is 4. The molecular weight excluding hydrogens is 489 g/mol. The van der Waals surface area contributed by atoms with Crippen LogP contribution >= 0.6 is 11.6 Å². The molecule has 2 saturated heterocycles. The Morgan fingerprint density at radius 3 is 2.60 bits per heavy atom. The minimum Gasteiger partial charge on any atom is -0.388 e. The average molecular weight is 511 g/mol. The lowest BCUT2D eigenvalue weighted by atomic mass is 9.92. The minimum atomic E-state index is -4.68. The zero-order valence-corrected chi connectivity index (χ0v) is 19.1. The molecule has 0 radical (unpaired) electrons. The van der Waals surface area contributed by atoms with Gasteiger partial charge >= 0.3 is 6.18 Å². The van der Waals surface area contributed by atoms with Crippen molar-refractivity contribution in [1.29, 1.82) is 0 Å². The molecule has 0 aliphatic carbocycles. The van der Waals surface area contributed by atoms with E-state index in [1.165, 1.54) is 6.92 Å². The predicted molar refractivity (Wildman–Crippen MR) is 118 cm³/mol. The Morgan fingerprint density at radius 1 is 1.14 bits per heavy atom. The summed E-state index contributed by atoms with van der Waals surface area (Å²) >= 11 is 6.01. The summed E-state index contributed by atoms with van der Waals surface area (Å²) in [6.07, 6.45) is -9.31. The fourth-order valence-electron chi connectivity index (χ4n) is 4.38. The van der Waals surface area contributed by atoms with Gasteiger partial charge in [-0.3, -0.25) is 0 Å². The van der Waals surface area contributed by atoms with E-state index in [0.717, 1.165) is 28.4 Å². The van der Waals surface area contributed by atoms with Crippen molar-refractivity contribution >= 4 is 11.6 Å². The number of hydrogen-bond donors (Lipinski definition) is 2. The lowest BCUT2D eigenvalue weighted by Gasteiger charge is -2.46. The molecule has 0 bridgehead atoms. The van der Waals surface area contributed by atoms with Crippen LogP contribution in [0.2, 0.25) is 5.02 Å². The van der Waals surface area contributed by atoms with Crippen molar-refractivity contribution in [3.8, 4) is 5.69 Å². The monoisotopic (exact) mass is 510 g/mol. The molecule has 0 spiro atoms. The van der Waals surface area contributed by atoms with E-state index in [2.05, 4.69) is 10.1 Å². The first-order chi connectivity index (χ1) is 16.6. The van der Waals surface area contributed by atoms with E-state index < -0.39 is 48.5 Å². The van der Waals surface area contributed by atoms with Crippen LogP contribution in [0.4, 0.5) is 13.2 Å². The first kappa shape index (κ1) is 24.2. The summed E-state index contributed by atoms with van der Waals surface area (Å²) in [5.74, 6) is 0.140. The zero-order chi connectivity index (χ0) is 24.9. The highest BCUT2D eigenvalue weighted by molar-refractivity contribution is 6.30. The maximum absolute atomic E-state index is 13.7. The van der Waals surface area contributed by atoms with Crippen LogP contribution in [0.3, 0.4) is 0 Å². The van der Waals surface area contributed by atoms with Crippen molar-refractivity contribution in [3.05, 3.63) is 76.3 Å². The van der Waals surface area contributed by atoms with Gasteiger partial charge in [-0.1, -0.05) is 41.9 Å². The molecule has 4 unspecified atom stereocenters. The highest BCUT2D eigenvalue weighted by atomic mass is 35.5. The summed E-state index contributed by atoms with van der Waals surface area (Å²) in [6, 6.07) is 11.4. The summed E-state index contributed by atoms with van der Waals surface area (Å²) in [7, 11) is 0. The quantitative estimate of drug-likeness (QED) is 0.556. The van der Waals surface area contributed by atoms with E-state index in [1.54, 1.807) is 0 Å². The van der Waals surface area contributed by atoms with E-state index in [1.807, 2.05) is 30.3 Å². The Morgan fingerprint density at radius 2 is 1.89 bits per heavy atom. The maximum atomic E-state index is 13.7. The molecule has 8 nitrogen and oxygen atoms in total. The second-order valence-corrected chi connectivity index (χ2v) is 8.86. The third-order valence-corrected chi connectivity index (χ3v) is 6.26. The van der Waals surface area contributed by atoms with Gasteiger partial charge in [-0.2, -0.15) is 18.3 Å². The molecule has 3 heterocycles. The van der Waals surface area contributed by atoms with Crippen LogP contribution in [0, 0.1) is 6.92 Å². The summed E-state index contributed by atoms with van der Waals surface area (Å²) in [4.78, 5) is 4.27. The molecule has 6 atom stereocenters. The van der Waals surface area contributed by atoms with Crippen molar-refractivity contribution in [2.75, 3.05) is 6.61 Å². The summed E-state index contributed by atoms with van der Waals surface area (Å²) in [5.41, 5.74) is 5.83. The van der Waals surface area contributed by atoms with Gasteiger partial charge in [0.05, 0.1) is 23.9 Å². The van der Waals surface area contributed by atoms with Crippen LogP contribution in [0.5, 0.6) is 0 Å². The third kappa shape index (κ3) is 4.55. The summed E-state index contributed by atoms with van der Waals surface area (Å²) in [5, 5.41) is 15.3. The molecule has 2 aromatic carbocycles. The van der Waals surface area contributed by atoms with Gasteiger partial charge in [-0.25, -0.2) is 9.67 Å². The molecule has 3 aromatic rings. The number of ether oxygens (including phenoxy) is 3. The molecule has 3 N–H and O–H groups in total. The zero-order valence-electron chi connectivity index (χ0n) is 18.4.